The van der Waals surface area contributed by atoms with Gasteiger partial charge in [-0.2, -0.15) is 0 Å². The van der Waals surface area contributed by atoms with Crippen LogP contribution in [0.15, 0.2) is 78.9 Å². The standard InChI is InChI=1S/C24H27NO3S/c1-27-22-12-8-19(9-13-22)24(29-17-21(25)16-26,18-6-4-3-5-7-18)20-10-14-23(28-2)15-11-20/h3-15,21,26H,16-17,25H2,1-2H3/t21-/m0/s1. The van der Waals surface area contributed by atoms with Crippen LogP contribution in [0.2, 0.25) is 0 Å². The van der Waals surface area contributed by atoms with Crippen LogP contribution in [0, 0.1) is 0 Å². The molecule has 29 heavy (non-hydrogen) atoms. The molecule has 152 valence electrons. The Morgan fingerprint density at radius 3 is 1.66 bits per heavy atom. The lowest BCUT2D eigenvalue weighted by atomic mass is 9.84. The summed E-state index contributed by atoms with van der Waals surface area (Å²) in [4.78, 5) is 0. The monoisotopic (exact) mass is 409 g/mol. The Balaban J connectivity index is 2.21. The van der Waals surface area contributed by atoms with Crippen molar-refractivity contribution in [1.82, 2.24) is 0 Å². The molecule has 0 saturated heterocycles. The zero-order chi connectivity index (χ0) is 20.7. The summed E-state index contributed by atoms with van der Waals surface area (Å²) < 4.78 is 10.2. The number of methoxy groups -OCH3 is 2. The number of aliphatic hydroxyl groups excluding tert-OH is 1. The van der Waals surface area contributed by atoms with Gasteiger partial charge in [-0.05, 0) is 41.0 Å². The minimum atomic E-state index is -0.493. The molecule has 0 aromatic heterocycles. The molecule has 0 amide bonds. The fourth-order valence-electron chi connectivity index (χ4n) is 3.36. The van der Waals surface area contributed by atoms with E-state index in [-0.39, 0.29) is 12.6 Å². The summed E-state index contributed by atoms with van der Waals surface area (Å²) >= 11 is 1.72. The van der Waals surface area contributed by atoms with Crippen LogP contribution < -0.4 is 15.2 Å². The number of nitrogens with two attached hydrogens (primary N) is 1. The minimum Gasteiger partial charge on any atom is -0.497 e. The Bertz CT molecular complexity index is 835. The van der Waals surface area contributed by atoms with Crippen LogP contribution in [0.3, 0.4) is 0 Å². The zero-order valence-corrected chi connectivity index (χ0v) is 17.6. The van der Waals surface area contributed by atoms with Gasteiger partial charge in [0.15, 0.2) is 0 Å². The summed E-state index contributed by atoms with van der Waals surface area (Å²) in [5.74, 6) is 2.22. The molecular weight excluding hydrogens is 382 g/mol. The Morgan fingerprint density at radius 2 is 1.24 bits per heavy atom. The van der Waals surface area contributed by atoms with Crippen molar-refractivity contribution in [3.8, 4) is 11.5 Å². The van der Waals surface area contributed by atoms with Crippen molar-refractivity contribution in [1.29, 1.82) is 0 Å². The fraction of sp³-hybridized carbons (Fsp3) is 0.250. The summed E-state index contributed by atoms with van der Waals surface area (Å²) in [7, 11) is 3.33. The number of benzene rings is 3. The lowest BCUT2D eigenvalue weighted by Crippen LogP contribution is -2.32. The smallest absolute Gasteiger partial charge is 0.118 e. The van der Waals surface area contributed by atoms with E-state index in [1.807, 2.05) is 42.5 Å². The molecule has 0 aliphatic rings. The molecule has 0 radical (unpaired) electrons. The molecule has 3 N–H and O–H groups in total. The Hall–Kier alpha value is -2.47. The molecule has 3 rings (SSSR count). The van der Waals surface area contributed by atoms with Crippen molar-refractivity contribution in [2.24, 2.45) is 5.73 Å². The maximum absolute atomic E-state index is 9.51. The number of thioether (sulfide) groups is 1. The molecule has 3 aromatic rings. The van der Waals surface area contributed by atoms with E-state index in [0.29, 0.717) is 5.75 Å². The van der Waals surface area contributed by atoms with E-state index in [1.54, 1.807) is 26.0 Å². The molecule has 0 heterocycles. The molecule has 0 bridgehead atoms. The lowest BCUT2D eigenvalue weighted by Gasteiger charge is -2.36. The third-order valence-electron chi connectivity index (χ3n) is 4.92. The Morgan fingerprint density at radius 1 is 0.793 bits per heavy atom. The summed E-state index contributed by atoms with van der Waals surface area (Å²) in [5.41, 5.74) is 9.47. The second kappa shape index (κ2) is 9.83. The summed E-state index contributed by atoms with van der Waals surface area (Å²) in [6.07, 6.45) is 0. The van der Waals surface area contributed by atoms with Crippen molar-refractivity contribution in [2.45, 2.75) is 10.8 Å². The van der Waals surface area contributed by atoms with Gasteiger partial charge in [0.05, 0.1) is 25.6 Å². The Kier molecular flexibility index (Phi) is 7.20. The third kappa shape index (κ3) is 4.58. The normalized spacial score (nSPS) is 12.4. The highest BCUT2D eigenvalue weighted by atomic mass is 32.2. The van der Waals surface area contributed by atoms with Gasteiger partial charge in [0.2, 0.25) is 0 Å². The van der Waals surface area contributed by atoms with Crippen LogP contribution in [-0.4, -0.2) is 37.7 Å². The predicted molar refractivity (Wildman–Crippen MR) is 120 cm³/mol. The van der Waals surface area contributed by atoms with Crippen LogP contribution in [-0.2, 0) is 4.75 Å². The maximum atomic E-state index is 9.51. The Labute approximate surface area is 176 Å². The van der Waals surface area contributed by atoms with Gasteiger partial charge in [0.25, 0.3) is 0 Å². The molecule has 5 heteroatoms. The molecule has 4 nitrogen and oxygen atoms in total. The molecule has 0 aliphatic carbocycles. The van der Waals surface area contributed by atoms with E-state index in [2.05, 4.69) is 36.4 Å². The average molecular weight is 410 g/mol. The average Bonchev–Trinajstić information content (AvgIpc) is 2.80. The molecule has 0 fully saturated rings. The molecule has 0 unspecified atom stereocenters. The second-order valence-electron chi connectivity index (χ2n) is 6.76. The van der Waals surface area contributed by atoms with Crippen molar-refractivity contribution in [3.63, 3.8) is 0 Å². The van der Waals surface area contributed by atoms with Crippen LogP contribution in [0.4, 0.5) is 0 Å². The second-order valence-corrected chi connectivity index (χ2v) is 7.99. The first-order valence-electron chi connectivity index (χ1n) is 9.49. The quantitative estimate of drug-likeness (QED) is 0.522. The van der Waals surface area contributed by atoms with Gasteiger partial charge >= 0.3 is 0 Å². The summed E-state index contributed by atoms with van der Waals surface area (Å²) in [5, 5.41) is 9.51. The topological polar surface area (TPSA) is 64.7 Å². The molecule has 1 atom stereocenters. The molecule has 0 aliphatic heterocycles. The van der Waals surface area contributed by atoms with Gasteiger partial charge in [0, 0.05) is 11.8 Å². The predicted octanol–water partition coefficient (Wildman–Crippen LogP) is 4.05. The number of rotatable bonds is 9. The van der Waals surface area contributed by atoms with E-state index in [9.17, 15) is 5.11 Å². The molecular formula is C24H27NO3S. The van der Waals surface area contributed by atoms with Crippen LogP contribution in [0.5, 0.6) is 11.5 Å². The largest absolute Gasteiger partial charge is 0.497 e. The van der Waals surface area contributed by atoms with E-state index < -0.39 is 4.75 Å². The number of hydrogen-bond acceptors (Lipinski definition) is 5. The minimum absolute atomic E-state index is 0.0525. The van der Waals surface area contributed by atoms with Crippen molar-refractivity contribution in [3.05, 3.63) is 95.6 Å². The molecule has 0 spiro atoms. The van der Waals surface area contributed by atoms with Crippen molar-refractivity contribution >= 4 is 11.8 Å². The summed E-state index contributed by atoms with van der Waals surface area (Å²) in [6.45, 7) is -0.0525. The number of aliphatic hydroxyl groups is 1. The number of hydrogen-bond donors (Lipinski definition) is 2. The van der Waals surface area contributed by atoms with Crippen molar-refractivity contribution in [2.75, 3.05) is 26.6 Å². The van der Waals surface area contributed by atoms with Crippen LogP contribution in [0.1, 0.15) is 16.7 Å². The molecule has 3 aromatic carbocycles. The first-order valence-corrected chi connectivity index (χ1v) is 10.5. The zero-order valence-electron chi connectivity index (χ0n) is 16.7. The van der Waals surface area contributed by atoms with Gasteiger partial charge < -0.3 is 20.3 Å². The first kappa shape index (κ1) is 21.2. The lowest BCUT2D eigenvalue weighted by molar-refractivity contribution is 0.275. The number of ether oxygens (including phenoxy) is 2. The molecule has 0 saturated carbocycles. The maximum Gasteiger partial charge on any atom is 0.118 e. The van der Waals surface area contributed by atoms with Gasteiger partial charge in [0.1, 0.15) is 11.5 Å². The van der Waals surface area contributed by atoms with Crippen molar-refractivity contribution < 1.29 is 14.6 Å². The SMILES string of the molecule is COc1ccc(C(SC[C@@H](N)CO)(c2ccccc2)c2ccc(OC)cc2)cc1. The van der Waals surface area contributed by atoms with E-state index in [0.717, 1.165) is 28.2 Å². The fourth-order valence-corrected chi connectivity index (χ4v) is 4.84. The highest BCUT2D eigenvalue weighted by molar-refractivity contribution is 8.00. The third-order valence-corrected chi connectivity index (χ3v) is 6.66. The highest BCUT2D eigenvalue weighted by Gasteiger charge is 2.37. The van der Waals surface area contributed by atoms with E-state index in [1.165, 1.54) is 0 Å². The summed E-state index contributed by atoms with van der Waals surface area (Å²) in [6, 6.07) is 26.3. The first-order chi connectivity index (χ1) is 14.1. The van der Waals surface area contributed by atoms with Crippen LogP contribution >= 0.6 is 11.8 Å². The van der Waals surface area contributed by atoms with Gasteiger partial charge in [-0.25, -0.2) is 0 Å². The van der Waals surface area contributed by atoms with E-state index in [4.69, 9.17) is 15.2 Å². The van der Waals surface area contributed by atoms with Gasteiger partial charge in [-0.3, -0.25) is 0 Å². The highest BCUT2D eigenvalue weighted by Crippen LogP contribution is 2.49. The van der Waals surface area contributed by atoms with Crippen LogP contribution in [0.25, 0.3) is 0 Å². The van der Waals surface area contributed by atoms with Gasteiger partial charge in [-0.1, -0.05) is 54.6 Å². The van der Waals surface area contributed by atoms with E-state index >= 15 is 0 Å². The van der Waals surface area contributed by atoms with Gasteiger partial charge in [-0.15, -0.1) is 11.8 Å².